The van der Waals surface area contributed by atoms with E-state index in [-0.39, 0.29) is 18.3 Å². The number of hydrogen-bond acceptors (Lipinski definition) is 7. The van der Waals surface area contributed by atoms with Crippen LogP contribution in [0.25, 0.3) is 11.0 Å². The van der Waals surface area contributed by atoms with Crippen LogP contribution >= 0.6 is 0 Å². The van der Waals surface area contributed by atoms with E-state index < -0.39 is 29.4 Å². The predicted molar refractivity (Wildman–Crippen MR) is 101 cm³/mol. The van der Waals surface area contributed by atoms with Crippen LogP contribution in [0.3, 0.4) is 0 Å². The zero-order chi connectivity index (χ0) is 20.6. The molecule has 0 bridgehead atoms. The summed E-state index contributed by atoms with van der Waals surface area (Å²) in [5, 5.41) is 0.691. The van der Waals surface area contributed by atoms with Crippen LogP contribution in [0.2, 0.25) is 0 Å². The van der Waals surface area contributed by atoms with Crippen molar-refractivity contribution in [1.29, 1.82) is 0 Å². The van der Waals surface area contributed by atoms with Gasteiger partial charge < -0.3 is 18.6 Å². The van der Waals surface area contributed by atoms with Gasteiger partial charge in [0.2, 0.25) is 0 Å². The molecular formula is C21H24O7. The number of fused-ring (bicyclic) bond motifs is 3. The molecule has 1 aliphatic rings. The second-order valence-electron chi connectivity index (χ2n) is 7.65. The minimum Gasteiger partial charge on any atom is -0.483 e. The number of rotatable bonds is 5. The maximum absolute atomic E-state index is 11.8. The molecule has 1 aliphatic heterocycles. The van der Waals surface area contributed by atoms with Gasteiger partial charge in [0.15, 0.2) is 6.10 Å². The van der Waals surface area contributed by atoms with Crippen LogP contribution in [-0.2, 0) is 19.1 Å². The Kier molecular flexibility index (Phi) is 5.30. The molecule has 7 heteroatoms. The maximum atomic E-state index is 11.8. The molecule has 7 nitrogen and oxygen atoms in total. The van der Waals surface area contributed by atoms with Gasteiger partial charge in [-0.05, 0) is 39.0 Å². The van der Waals surface area contributed by atoms with E-state index in [2.05, 4.69) is 0 Å². The Hall–Kier alpha value is -2.67. The summed E-state index contributed by atoms with van der Waals surface area (Å²) in [5.74, 6) is -0.356. The summed E-state index contributed by atoms with van der Waals surface area (Å²) in [6, 6.07) is 6.54. The summed E-state index contributed by atoms with van der Waals surface area (Å²) in [6.45, 7) is 8.27. The number of hydrogen-bond donors (Lipinski definition) is 0. The van der Waals surface area contributed by atoms with Crippen molar-refractivity contribution in [3.05, 3.63) is 40.2 Å². The largest absolute Gasteiger partial charge is 0.483 e. The third-order valence-electron chi connectivity index (χ3n) is 4.92. The van der Waals surface area contributed by atoms with Crippen LogP contribution in [0.1, 0.15) is 46.3 Å². The SMILES string of the molecule is CC(=O)O[C@@H]1[C@H](OCC(C)C(C)=O)c2c(ccc3ccc(=O)oc23)OC1(C)C. The lowest BCUT2D eigenvalue weighted by Crippen LogP contribution is -2.52. The van der Waals surface area contributed by atoms with E-state index in [4.69, 9.17) is 18.6 Å². The van der Waals surface area contributed by atoms with E-state index in [1.807, 2.05) is 0 Å². The molecule has 28 heavy (non-hydrogen) atoms. The molecule has 0 radical (unpaired) electrons. The van der Waals surface area contributed by atoms with Gasteiger partial charge in [-0.1, -0.05) is 6.92 Å². The highest BCUT2D eigenvalue weighted by atomic mass is 16.6. The highest BCUT2D eigenvalue weighted by Gasteiger charge is 2.48. The lowest BCUT2D eigenvalue weighted by Gasteiger charge is -2.43. The monoisotopic (exact) mass is 388 g/mol. The van der Waals surface area contributed by atoms with Crippen LogP contribution in [0.5, 0.6) is 5.75 Å². The van der Waals surface area contributed by atoms with Gasteiger partial charge in [0.05, 0.1) is 12.2 Å². The molecule has 0 aliphatic carbocycles. The van der Waals surface area contributed by atoms with Gasteiger partial charge in [0.25, 0.3) is 0 Å². The smallest absolute Gasteiger partial charge is 0.336 e. The standard InChI is InChI=1S/C21H24O7/c1-11(12(2)22)10-25-19-17-15(28-21(4,5)20(19)26-13(3)23)8-6-14-7-9-16(24)27-18(14)17/h6-9,11,19-20H,10H2,1-5H3/t11?,19-,20-/m1/s1. The summed E-state index contributed by atoms with van der Waals surface area (Å²) >= 11 is 0. The van der Waals surface area contributed by atoms with Gasteiger partial charge in [-0.25, -0.2) is 4.79 Å². The minimum absolute atomic E-state index is 0.0139. The van der Waals surface area contributed by atoms with Crippen molar-refractivity contribution in [2.24, 2.45) is 5.92 Å². The zero-order valence-corrected chi connectivity index (χ0v) is 16.6. The summed E-state index contributed by atoms with van der Waals surface area (Å²) in [5.41, 5.74) is -0.591. The molecule has 3 atom stereocenters. The third kappa shape index (κ3) is 3.80. The molecule has 1 aromatic carbocycles. The fraction of sp³-hybridized carbons (Fsp3) is 0.476. The van der Waals surface area contributed by atoms with Crippen molar-refractivity contribution in [3.8, 4) is 5.75 Å². The van der Waals surface area contributed by atoms with Crippen molar-refractivity contribution in [3.63, 3.8) is 0 Å². The number of ketones is 1. The minimum atomic E-state index is -0.897. The first-order valence-electron chi connectivity index (χ1n) is 9.15. The van der Waals surface area contributed by atoms with E-state index >= 15 is 0 Å². The van der Waals surface area contributed by atoms with Crippen molar-refractivity contribution < 1.29 is 28.2 Å². The summed E-state index contributed by atoms with van der Waals surface area (Å²) in [6.07, 6.45) is -1.56. The lowest BCUT2D eigenvalue weighted by atomic mass is 9.87. The first kappa shape index (κ1) is 20.1. The second kappa shape index (κ2) is 7.39. The van der Waals surface area contributed by atoms with Gasteiger partial charge in [-0.3, -0.25) is 9.59 Å². The average Bonchev–Trinajstić information content (AvgIpc) is 2.60. The van der Waals surface area contributed by atoms with E-state index in [1.54, 1.807) is 39.0 Å². The van der Waals surface area contributed by atoms with E-state index in [1.165, 1.54) is 19.9 Å². The Morgan fingerprint density at radius 3 is 2.50 bits per heavy atom. The van der Waals surface area contributed by atoms with Crippen molar-refractivity contribution in [2.45, 2.75) is 52.4 Å². The van der Waals surface area contributed by atoms with E-state index in [0.717, 1.165) is 0 Å². The number of carbonyl (C=O) groups excluding carboxylic acids is 2. The second-order valence-corrected chi connectivity index (χ2v) is 7.65. The first-order chi connectivity index (χ1) is 13.1. The molecule has 0 saturated heterocycles. The van der Waals surface area contributed by atoms with Gasteiger partial charge in [0.1, 0.15) is 28.8 Å². The maximum Gasteiger partial charge on any atom is 0.336 e. The van der Waals surface area contributed by atoms with Crippen molar-refractivity contribution in [2.75, 3.05) is 6.61 Å². The van der Waals surface area contributed by atoms with Crippen LogP contribution in [0.15, 0.2) is 33.5 Å². The molecule has 1 aromatic heterocycles. The molecule has 0 N–H and O–H groups in total. The molecule has 150 valence electrons. The summed E-state index contributed by atoms with van der Waals surface area (Å²) < 4.78 is 23.2. The van der Waals surface area contributed by atoms with Crippen LogP contribution < -0.4 is 10.4 Å². The number of carbonyl (C=O) groups is 2. The molecule has 0 spiro atoms. The molecule has 1 unspecified atom stereocenters. The Bertz CT molecular complexity index is 972. The molecule has 0 amide bonds. The Balaban J connectivity index is 2.17. The highest BCUT2D eigenvalue weighted by molar-refractivity contribution is 5.83. The normalized spacial score (nSPS) is 21.5. The summed E-state index contributed by atoms with van der Waals surface area (Å²) in [4.78, 5) is 35.3. The van der Waals surface area contributed by atoms with Crippen molar-refractivity contribution >= 4 is 22.7 Å². The fourth-order valence-electron chi connectivity index (χ4n) is 3.27. The number of benzene rings is 1. The van der Waals surface area contributed by atoms with Crippen LogP contribution in [-0.4, -0.2) is 30.1 Å². The lowest BCUT2D eigenvalue weighted by molar-refractivity contribution is -0.183. The third-order valence-corrected chi connectivity index (χ3v) is 4.92. The number of esters is 1. The van der Waals surface area contributed by atoms with Crippen LogP contribution in [0, 0.1) is 5.92 Å². The Morgan fingerprint density at radius 2 is 1.86 bits per heavy atom. The molecule has 2 aromatic rings. The van der Waals surface area contributed by atoms with Crippen LogP contribution in [0.4, 0.5) is 0 Å². The van der Waals surface area contributed by atoms with E-state index in [0.29, 0.717) is 22.3 Å². The Labute approximate surface area is 162 Å². The van der Waals surface area contributed by atoms with Gasteiger partial charge in [-0.2, -0.15) is 0 Å². The molecular weight excluding hydrogens is 364 g/mol. The molecule has 3 rings (SSSR count). The quantitative estimate of drug-likeness (QED) is 0.574. The molecule has 0 fully saturated rings. The average molecular weight is 388 g/mol. The first-order valence-corrected chi connectivity index (χ1v) is 9.15. The van der Waals surface area contributed by atoms with Gasteiger partial charge >= 0.3 is 11.6 Å². The highest BCUT2D eigenvalue weighted by Crippen LogP contribution is 2.46. The molecule has 2 heterocycles. The zero-order valence-electron chi connectivity index (χ0n) is 16.6. The number of Topliss-reactive ketones (excluding diaryl/α,β-unsaturated/α-hetero) is 1. The van der Waals surface area contributed by atoms with E-state index in [9.17, 15) is 14.4 Å². The molecule has 0 saturated carbocycles. The van der Waals surface area contributed by atoms with Gasteiger partial charge in [0, 0.05) is 24.3 Å². The van der Waals surface area contributed by atoms with Crippen molar-refractivity contribution in [1.82, 2.24) is 0 Å². The number of ether oxygens (including phenoxy) is 3. The predicted octanol–water partition coefficient (Wildman–Crippen LogP) is 3.18. The van der Waals surface area contributed by atoms with Gasteiger partial charge in [-0.15, -0.1) is 0 Å². The Morgan fingerprint density at radius 1 is 1.18 bits per heavy atom. The summed E-state index contributed by atoms with van der Waals surface area (Å²) in [7, 11) is 0. The fourth-order valence-corrected chi connectivity index (χ4v) is 3.27. The topological polar surface area (TPSA) is 92.0 Å².